The molecule has 200 valence electrons. The lowest BCUT2D eigenvalue weighted by Crippen LogP contribution is -2.49. The summed E-state index contributed by atoms with van der Waals surface area (Å²) in [5.41, 5.74) is 3.16. The third kappa shape index (κ3) is 5.75. The van der Waals surface area contributed by atoms with Gasteiger partial charge in [0.2, 0.25) is 5.91 Å². The highest BCUT2D eigenvalue weighted by Crippen LogP contribution is 2.38. The number of aryl methyl sites for hydroxylation is 1. The number of aromatic nitrogens is 1. The van der Waals surface area contributed by atoms with Crippen LogP contribution in [0.4, 0.5) is 0 Å². The summed E-state index contributed by atoms with van der Waals surface area (Å²) in [6.07, 6.45) is 4.10. The van der Waals surface area contributed by atoms with Crippen molar-refractivity contribution in [1.29, 1.82) is 0 Å². The Labute approximate surface area is 223 Å². The first-order valence-electron chi connectivity index (χ1n) is 13.6. The molecule has 0 saturated carbocycles. The Balaban J connectivity index is 1.24. The van der Waals surface area contributed by atoms with E-state index in [2.05, 4.69) is 20.7 Å². The molecule has 2 aliphatic rings. The maximum atomic E-state index is 13.5. The summed E-state index contributed by atoms with van der Waals surface area (Å²) in [5, 5.41) is 10.4. The predicted molar refractivity (Wildman–Crippen MR) is 145 cm³/mol. The molecule has 38 heavy (non-hydrogen) atoms. The second kappa shape index (κ2) is 11.8. The Morgan fingerprint density at radius 3 is 2.50 bits per heavy atom. The van der Waals surface area contributed by atoms with Crippen molar-refractivity contribution in [3.05, 3.63) is 71.4 Å². The van der Waals surface area contributed by atoms with E-state index in [1.165, 1.54) is 0 Å². The van der Waals surface area contributed by atoms with Crippen LogP contribution in [0.25, 0.3) is 11.3 Å². The van der Waals surface area contributed by atoms with Gasteiger partial charge in [0.1, 0.15) is 12.4 Å². The number of carbonyl (C=O) groups is 2. The number of nitrogens with one attached hydrogen (secondary N) is 2. The first-order chi connectivity index (χ1) is 18.6. The molecule has 2 N–H and O–H groups in total. The van der Waals surface area contributed by atoms with Crippen molar-refractivity contribution in [2.24, 2.45) is 5.41 Å². The second-order valence-electron chi connectivity index (χ2n) is 10.3. The van der Waals surface area contributed by atoms with Gasteiger partial charge in [0, 0.05) is 24.2 Å². The zero-order valence-corrected chi connectivity index (χ0v) is 22.0. The monoisotopic (exact) mass is 516 g/mol. The van der Waals surface area contributed by atoms with Crippen molar-refractivity contribution in [2.75, 3.05) is 32.8 Å². The average Bonchev–Trinajstić information content (AvgIpc) is 3.31. The third-order valence-corrected chi connectivity index (χ3v) is 7.84. The quantitative estimate of drug-likeness (QED) is 0.538. The maximum absolute atomic E-state index is 13.5. The summed E-state index contributed by atoms with van der Waals surface area (Å²) in [5.74, 6) is 1.35. The molecule has 0 bridgehead atoms. The zero-order chi connectivity index (χ0) is 26.4. The highest BCUT2D eigenvalue weighted by atomic mass is 16.5. The molecule has 8 heteroatoms. The van der Waals surface area contributed by atoms with Crippen LogP contribution in [0.15, 0.2) is 59.1 Å². The van der Waals surface area contributed by atoms with Crippen molar-refractivity contribution in [3.63, 3.8) is 0 Å². The van der Waals surface area contributed by atoms with Crippen LogP contribution in [0.5, 0.6) is 5.75 Å². The maximum Gasteiger partial charge on any atom is 0.255 e. The molecule has 5 rings (SSSR count). The van der Waals surface area contributed by atoms with E-state index in [0.29, 0.717) is 31.0 Å². The SMILES string of the molecule is Cc1noc(-c2ccccc2)c1CN1CCC2(CCCCNC(=O)c3ccccc3OCCNC2=O)CC1. The van der Waals surface area contributed by atoms with Gasteiger partial charge >= 0.3 is 0 Å². The standard InChI is InChI=1S/C30H36N4O4/c1-22-25(27(38-33-22)23-9-3-2-4-10-23)21-34-18-14-30(15-19-34)13-7-8-16-31-28(35)24-11-5-6-12-26(24)37-20-17-32-29(30)36/h2-6,9-12H,7-8,13-21H2,1H3,(H,31,35)(H,32,36). The van der Waals surface area contributed by atoms with Crippen LogP contribution in [0.1, 0.15) is 53.7 Å². The lowest BCUT2D eigenvalue weighted by atomic mass is 9.73. The Hall–Kier alpha value is -3.65. The summed E-state index contributed by atoms with van der Waals surface area (Å²) in [6.45, 7) is 5.68. The molecule has 0 radical (unpaired) electrons. The van der Waals surface area contributed by atoms with E-state index in [-0.39, 0.29) is 11.8 Å². The molecule has 1 fully saturated rings. The molecule has 1 saturated heterocycles. The molecule has 3 aromatic rings. The van der Waals surface area contributed by atoms with Crippen LogP contribution in [-0.2, 0) is 11.3 Å². The van der Waals surface area contributed by atoms with Crippen molar-refractivity contribution in [1.82, 2.24) is 20.7 Å². The predicted octanol–water partition coefficient (Wildman–Crippen LogP) is 4.34. The summed E-state index contributed by atoms with van der Waals surface area (Å²) in [4.78, 5) is 28.5. The van der Waals surface area contributed by atoms with Gasteiger partial charge in [0.15, 0.2) is 5.76 Å². The van der Waals surface area contributed by atoms with E-state index in [4.69, 9.17) is 9.26 Å². The molecule has 1 spiro atoms. The number of carbonyl (C=O) groups excluding carboxylic acids is 2. The lowest BCUT2D eigenvalue weighted by Gasteiger charge is -2.41. The molecule has 0 aliphatic carbocycles. The summed E-state index contributed by atoms with van der Waals surface area (Å²) in [7, 11) is 0. The van der Waals surface area contributed by atoms with E-state index in [1.54, 1.807) is 12.1 Å². The van der Waals surface area contributed by atoms with Crippen LogP contribution in [-0.4, -0.2) is 54.7 Å². The number of likely N-dealkylation sites (tertiary alicyclic amines) is 1. The molecule has 2 aliphatic heterocycles. The fourth-order valence-electron chi connectivity index (χ4n) is 5.52. The van der Waals surface area contributed by atoms with Gasteiger partial charge in [-0.05, 0) is 57.8 Å². The van der Waals surface area contributed by atoms with Gasteiger partial charge in [-0.3, -0.25) is 14.5 Å². The van der Waals surface area contributed by atoms with Crippen molar-refractivity contribution in [2.45, 2.75) is 45.6 Å². The fourth-order valence-corrected chi connectivity index (χ4v) is 5.52. The van der Waals surface area contributed by atoms with Crippen LogP contribution in [0, 0.1) is 12.3 Å². The number of fused-ring (bicyclic) bond motifs is 1. The van der Waals surface area contributed by atoms with Crippen LogP contribution in [0.2, 0.25) is 0 Å². The Kier molecular flexibility index (Phi) is 8.08. The molecule has 2 aromatic carbocycles. The van der Waals surface area contributed by atoms with E-state index >= 15 is 0 Å². The van der Waals surface area contributed by atoms with Gasteiger partial charge in [0.05, 0.1) is 23.2 Å². The van der Waals surface area contributed by atoms with Gasteiger partial charge in [-0.25, -0.2) is 0 Å². The average molecular weight is 517 g/mol. The molecular formula is C30H36N4O4. The largest absolute Gasteiger partial charge is 0.491 e. The normalized spacial score (nSPS) is 19.1. The van der Waals surface area contributed by atoms with Crippen LogP contribution >= 0.6 is 0 Å². The van der Waals surface area contributed by atoms with Crippen molar-refractivity contribution in [3.8, 4) is 17.1 Å². The van der Waals surface area contributed by atoms with Gasteiger partial charge in [-0.1, -0.05) is 54.0 Å². The Morgan fingerprint density at radius 2 is 1.68 bits per heavy atom. The minimum atomic E-state index is -0.408. The smallest absolute Gasteiger partial charge is 0.255 e. The number of para-hydroxylation sites is 1. The topological polar surface area (TPSA) is 96.7 Å². The molecule has 3 heterocycles. The second-order valence-corrected chi connectivity index (χ2v) is 10.3. The Bertz CT molecular complexity index is 1250. The Morgan fingerprint density at radius 1 is 0.921 bits per heavy atom. The molecule has 0 unspecified atom stereocenters. The molecular weight excluding hydrogens is 480 g/mol. The summed E-state index contributed by atoms with van der Waals surface area (Å²) in [6, 6.07) is 17.3. The van der Waals surface area contributed by atoms with Gasteiger partial charge in [0.25, 0.3) is 5.91 Å². The van der Waals surface area contributed by atoms with E-state index < -0.39 is 5.41 Å². The number of nitrogens with zero attached hydrogens (tertiary/aromatic N) is 2. The highest BCUT2D eigenvalue weighted by molar-refractivity contribution is 5.96. The first kappa shape index (κ1) is 26.0. The van der Waals surface area contributed by atoms with E-state index in [1.807, 2.05) is 49.4 Å². The van der Waals surface area contributed by atoms with Crippen molar-refractivity contribution < 1.29 is 18.8 Å². The van der Waals surface area contributed by atoms with Crippen LogP contribution < -0.4 is 15.4 Å². The summed E-state index contributed by atoms with van der Waals surface area (Å²) < 4.78 is 11.6. The van der Waals surface area contributed by atoms with Gasteiger partial charge in [-0.15, -0.1) is 0 Å². The molecule has 8 nitrogen and oxygen atoms in total. The minimum Gasteiger partial charge on any atom is -0.491 e. The number of rotatable bonds is 3. The van der Waals surface area contributed by atoms with Crippen molar-refractivity contribution >= 4 is 11.8 Å². The van der Waals surface area contributed by atoms with Gasteiger partial charge < -0.3 is 19.9 Å². The molecule has 2 amide bonds. The number of amides is 2. The number of benzene rings is 2. The van der Waals surface area contributed by atoms with E-state index in [9.17, 15) is 9.59 Å². The highest BCUT2D eigenvalue weighted by Gasteiger charge is 2.41. The molecule has 1 aromatic heterocycles. The number of ether oxygens (including phenoxy) is 1. The number of piperidine rings is 1. The summed E-state index contributed by atoms with van der Waals surface area (Å²) >= 11 is 0. The number of hydrogen-bond acceptors (Lipinski definition) is 6. The lowest BCUT2D eigenvalue weighted by molar-refractivity contribution is -0.134. The first-order valence-corrected chi connectivity index (χ1v) is 13.6. The van der Waals surface area contributed by atoms with Gasteiger partial charge in [-0.2, -0.15) is 0 Å². The van der Waals surface area contributed by atoms with E-state index in [0.717, 1.165) is 74.3 Å². The minimum absolute atomic E-state index is 0.112. The fraction of sp³-hybridized carbons (Fsp3) is 0.433. The zero-order valence-electron chi connectivity index (χ0n) is 22.0. The molecule has 0 atom stereocenters. The third-order valence-electron chi connectivity index (χ3n) is 7.84. The number of hydrogen-bond donors (Lipinski definition) is 2. The van der Waals surface area contributed by atoms with Crippen LogP contribution in [0.3, 0.4) is 0 Å².